The van der Waals surface area contributed by atoms with Gasteiger partial charge in [-0.15, -0.1) is 0 Å². The molecule has 28 heavy (non-hydrogen) atoms. The zero-order valence-corrected chi connectivity index (χ0v) is 18.0. The van der Waals surface area contributed by atoms with Gasteiger partial charge in [0.05, 0.1) is 4.90 Å². The molecule has 1 saturated heterocycles. The highest BCUT2D eigenvalue weighted by atomic mass is 32.2. The van der Waals surface area contributed by atoms with Crippen molar-refractivity contribution >= 4 is 25.9 Å². The molecule has 11 heteroatoms. The molecule has 0 radical (unpaired) electrons. The summed E-state index contributed by atoms with van der Waals surface area (Å²) in [5.41, 5.74) is 0.288. The lowest BCUT2D eigenvalue weighted by molar-refractivity contribution is 0.120. The van der Waals surface area contributed by atoms with E-state index in [1.807, 2.05) is 0 Å². The number of hydrogen-bond acceptors (Lipinski definition) is 6. The standard InChI is InChI=1S/C17H30N4O5S2/c1-20(2)28(25,26)19-16-6-8-17(9-7-16)27(23,24)18-10-4-12-21-11-3-5-15(13-21)14-22/h6-9,15,18-19,22H,3-5,10-14H2,1-2H3/t15-/m1/s1. The Balaban J connectivity index is 1.84. The van der Waals surface area contributed by atoms with Gasteiger partial charge >= 0.3 is 10.2 Å². The summed E-state index contributed by atoms with van der Waals surface area (Å²) < 4.78 is 54.3. The maximum absolute atomic E-state index is 12.4. The van der Waals surface area contributed by atoms with Gasteiger partial charge in [0.15, 0.2) is 0 Å². The first-order chi connectivity index (χ1) is 13.1. The molecule has 160 valence electrons. The van der Waals surface area contributed by atoms with Crippen LogP contribution in [0.15, 0.2) is 29.2 Å². The molecule has 0 amide bonds. The summed E-state index contributed by atoms with van der Waals surface area (Å²) in [5, 5.41) is 9.26. The average Bonchev–Trinajstić information content (AvgIpc) is 2.65. The van der Waals surface area contributed by atoms with Gasteiger partial charge in [-0.3, -0.25) is 4.72 Å². The molecule has 1 aliphatic heterocycles. The Labute approximate surface area is 168 Å². The maximum atomic E-state index is 12.4. The maximum Gasteiger partial charge on any atom is 0.301 e. The van der Waals surface area contributed by atoms with Gasteiger partial charge in [-0.05, 0) is 62.5 Å². The lowest BCUT2D eigenvalue weighted by atomic mass is 9.99. The second kappa shape index (κ2) is 9.99. The number of likely N-dealkylation sites (tertiary alicyclic amines) is 1. The van der Waals surface area contributed by atoms with E-state index >= 15 is 0 Å². The summed E-state index contributed by atoms with van der Waals surface area (Å²) in [4.78, 5) is 2.34. The predicted molar refractivity (Wildman–Crippen MR) is 109 cm³/mol. The Kier molecular flexibility index (Phi) is 8.22. The second-order valence-corrected chi connectivity index (χ2v) is 10.8. The van der Waals surface area contributed by atoms with Gasteiger partial charge in [-0.2, -0.15) is 12.7 Å². The van der Waals surface area contributed by atoms with E-state index in [0.29, 0.717) is 18.9 Å². The van der Waals surface area contributed by atoms with E-state index in [-0.39, 0.29) is 17.2 Å². The number of piperidine rings is 1. The van der Waals surface area contributed by atoms with Crippen LogP contribution < -0.4 is 9.44 Å². The second-order valence-electron chi connectivity index (χ2n) is 7.16. The first-order valence-electron chi connectivity index (χ1n) is 9.27. The van der Waals surface area contributed by atoms with E-state index < -0.39 is 20.2 Å². The SMILES string of the molecule is CN(C)S(=O)(=O)Nc1ccc(S(=O)(=O)NCCCN2CCC[C@@H](CO)C2)cc1. The van der Waals surface area contributed by atoms with Crippen molar-refractivity contribution in [1.82, 2.24) is 13.9 Å². The Morgan fingerprint density at radius 2 is 1.86 bits per heavy atom. The van der Waals surface area contributed by atoms with Gasteiger partial charge in [0, 0.05) is 39.5 Å². The molecule has 0 bridgehead atoms. The van der Waals surface area contributed by atoms with Crippen LogP contribution in [-0.4, -0.2) is 78.0 Å². The number of nitrogens with one attached hydrogen (secondary N) is 2. The molecular formula is C17H30N4O5S2. The quantitative estimate of drug-likeness (QED) is 0.455. The molecule has 1 heterocycles. The smallest absolute Gasteiger partial charge is 0.301 e. The number of aliphatic hydroxyl groups is 1. The Morgan fingerprint density at radius 1 is 1.18 bits per heavy atom. The van der Waals surface area contributed by atoms with Gasteiger partial charge in [-0.25, -0.2) is 13.1 Å². The zero-order valence-electron chi connectivity index (χ0n) is 16.3. The van der Waals surface area contributed by atoms with E-state index in [2.05, 4.69) is 14.3 Å². The van der Waals surface area contributed by atoms with Crippen molar-refractivity contribution in [1.29, 1.82) is 0 Å². The van der Waals surface area contributed by atoms with Gasteiger partial charge < -0.3 is 10.0 Å². The number of nitrogens with zero attached hydrogens (tertiary/aromatic N) is 2. The fourth-order valence-corrected chi connectivity index (χ4v) is 4.73. The van der Waals surface area contributed by atoms with Crippen LogP contribution in [0.3, 0.4) is 0 Å². The van der Waals surface area contributed by atoms with Crippen LogP contribution in [-0.2, 0) is 20.2 Å². The van der Waals surface area contributed by atoms with E-state index in [1.165, 1.54) is 38.4 Å². The summed E-state index contributed by atoms with van der Waals surface area (Å²) in [7, 11) is -4.48. The molecule has 0 spiro atoms. The Bertz CT molecular complexity index is 826. The highest BCUT2D eigenvalue weighted by molar-refractivity contribution is 7.90. The highest BCUT2D eigenvalue weighted by Gasteiger charge is 2.19. The largest absolute Gasteiger partial charge is 0.396 e. The normalized spacial score (nSPS) is 19.1. The number of anilines is 1. The molecular weight excluding hydrogens is 404 g/mol. The van der Waals surface area contributed by atoms with Crippen molar-refractivity contribution in [2.75, 3.05) is 51.6 Å². The van der Waals surface area contributed by atoms with Crippen LogP contribution in [0.1, 0.15) is 19.3 Å². The third kappa shape index (κ3) is 6.68. The minimum absolute atomic E-state index is 0.0821. The molecule has 2 rings (SSSR count). The predicted octanol–water partition coefficient (Wildman–Crippen LogP) is 0.278. The van der Waals surface area contributed by atoms with Gasteiger partial charge in [0.2, 0.25) is 10.0 Å². The third-order valence-electron chi connectivity index (χ3n) is 4.70. The molecule has 1 aromatic carbocycles. The first kappa shape index (κ1) is 23.0. The molecule has 9 nitrogen and oxygen atoms in total. The number of aliphatic hydroxyl groups excluding tert-OH is 1. The van der Waals surface area contributed by atoms with Crippen molar-refractivity contribution in [3.8, 4) is 0 Å². The molecule has 0 aromatic heterocycles. The molecule has 3 N–H and O–H groups in total. The van der Waals surface area contributed by atoms with Crippen molar-refractivity contribution in [2.24, 2.45) is 5.92 Å². The molecule has 1 fully saturated rings. The number of hydrogen-bond donors (Lipinski definition) is 3. The highest BCUT2D eigenvalue weighted by Crippen LogP contribution is 2.17. The van der Waals surface area contributed by atoms with Crippen molar-refractivity contribution in [3.05, 3.63) is 24.3 Å². The van der Waals surface area contributed by atoms with Crippen LogP contribution >= 0.6 is 0 Å². The molecule has 1 atom stereocenters. The molecule has 1 aromatic rings. The Hall–Kier alpha value is -1.24. The number of benzene rings is 1. The number of rotatable bonds is 10. The van der Waals surface area contributed by atoms with Crippen LogP contribution in [0, 0.1) is 5.92 Å². The van der Waals surface area contributed by atoms with Gasteiger partial charge in [0.25, 0.3) is 0 Å². The minimum Gasteiger partial charge on any atom is -0.396 e. The van der Waals surface area contributed by atoms with Crippen LogP contribution in [0.5, 0.6) is 0 Å². The van der Waals surface area contributed by atoms with Crippen LogP contribution in [0.4, 0.5) is 5.69 Å². The van der Waals surface area contributed by atoms with E-state index in [4.69, 9.17) is 0 Å². The molecule has 0 aliphatic carbocycles. The fraction of sp³-hybridized carbons (Fsp3) is 0.647. The topological polar surface area (TPSA) is 119 Å². The van der Waals surface area contributed by atoms with Crippen molar-refractivity contribution in [3.63, 3.8) is 0 Å². The summed E-state index contributed by atoms with van der Waals surface area (Å²) in [5.74, 6) is 0.314. The van der Waals surface area contributed by atoms with Gasteiger partial charge in [0.1, 0.15) is 0 Å². The lowest BCUT2D eigenvalue weighted by Gasteiger charge is -2.31. The van der Waals surface area contributed by atoms with Crippen molar-refractivity contribution < 1.29 is 21.9 Å². The van der Waals surface area contributed by atoms with E-state index in [0.717, 1.165) is 36.8 Å². The zero-order chi connectivity index (χ0) is 20.8. The summed E-state index contributed by atoms with van der Waals surface area (Å²) in [6.07, 6.45) is 2.78. The fourth-order valence-electron chi connectivity index (χ4n) is 3.04. The molecule has 1 aliphatic rings. The number of sulfonamides is 1. The molecule has 0 unspecified atom stereocenters. The Morgan fingerprint density at radius 3 is 2.46 bits per heavy atom. The van der Waals surface area contributed by atoms with Gasteiger partial charge in [-0.1, -0.05) is 0 Å². The van der Waals surface area contributed by atoms with Crippen molar-refractivity contribution in [2.45, 2.75) is 24.2 Å². The average molecular weight is 435 g/mol. The molecule has 0 saturated carbocycles. The first-order valence-corrected chi connectivity index (χ1v) is 12.2. The van der Waals surface area contributed by atoms with E-state index in [1.54, 1.807) is 0 Å². The van der Waals surface area contributed by atoms with Crippen LogP contribution in [0.2, 0.25) is 0 Å². The minimum atomic E-state index is -3.65. The third-order valence-corrected chi connectivity index (χ3v) is 7.63. The lowest BCUT2D eigenvalue weighted by Crippen LogP contribution is -2.38. The monoisotopic (exact) mass is 434 g/mol. The van der Waals surface area contributed by atoms with E-state index in [9.17, 15) is 21.9 Å². The summed E-state index contributed by atoms with van der Waals surface area (Å²) >= 11 is 0. The summed E-state index contributed by atoms with van der Waals surface area (Å²) in [6.45, 7) is 3.13. The van der Waals surface area contributed by atoms with Crippen LogP contribution in [0.25, 0.3) is 0 Å². The summed E-state index contributed by atoms with van der Waals surface area (Å²) in [6, 6.07) is 5.56.